The smallest absolute Gasteiger partial charge is 1.00 e. The summed E-state index contributed by atoms with van der Waals surface area (Å²) in [5, 5.41) is 5.10. The summed E-state index contributed by atoms with van der Waals surface area (Å²) in [6.45, 7) is 11.0. The molecule has 0 bridgehead atoms. The zero-order chi connectivity index (χ0) is 24.9. The topological polar surface area (TPSA) is 29.1 Å². The second kappa shape index (κ2) is 15.0. The first-order valence-corrected chi connectivity index (χ1v) is 12.0. The number of carbonyl (C=O) groups is 1. The van der Waals surface area contributed by atoms with Crippen molar-refractivity contribution in [1.29, 1.82) is 0 Å². The van der Waals surface area contributed by atoms with E-state index in [0.717, 1.165) is 27.6 Å². The molecular formula is C33H32Cl2NOTi+. The van der Waals surface area contributed by atoms with E-state index in [1.807, 2.05) is 97.1 Å². The number of hydrogen-bond acceptors (Lipinski definition) is 1. The van der Waals surface area contributed by atoms with Gasteiger partial charge in [0.2, 0.25) is 0 Å². The molecule has 0 aliphatic carbocycles. The minimum Gasteiger partial charge on any atom is -1.00 e. The number of fused-ring (bicyclic) bond motifs is 1. The maximum absolute atomic E-state index is 12.9. The molecule has 5 aromatic rings. The number of halogens is 2. The van der Waals surface area contributed by atoms with Crippen LogP contribution in [0.3, 0.4) is 0 Å². The number of carbonyl (C=O) groups excluding carboxylic acids is 1. The summed E-state index contributed by atoms with van der Waals surface area (Å²) in [6.07, 6.45) is 0. The van der Waals surface area contributed by atoms with E-state index < -0.39 is 0 Å². The molecule has 5 heteroatoms. The summed E-state index contributed by atoms with van der Waals surface area (Å²) in [5.74, 6) is -0.0971. The number of para-hydroxylation sites is 1. The first-order chi connectivity index (χ1) is 16.9. The molecule has 0 saturated heterocycles. The zero-order valence-corrected chi connectivity index (χ0v) is 25.5. The van der Waals surface area contributed by atoms with Gasteiger partial charge in [-0.15, -0.1) is 0 Å². The van der Waals surface area contributed by atoms with Crippen molar-refractivity contribution in [1.82, 2.24) is 0 Å². The fraction of sp³-hybridized carbons (Fsp3) is 0.152. The maximum atomic E-state index is 12.9. The Hall–Kier alpha value is -2.75. The van der Waals surface area contributed by atoms with Crippen LogP contribution in [-0.2, 0) is 21.7 Å². The van der Waals surface area contributed by atoms with Crippen LogP contribution in [0.2, 0.25) is 0 Å². The standard InChI is InChI=1S/C23H17NO.C10H15.2ClH.Ti/c25-23(21-15-8-12-17-11-4-5-13-19(17)21)24-22-16-7-6-14-20(22)18-9-2-1-3-10-18;1-6-7(2)9(4)10(5)8(6)3;;;/h1-16H,(H,24,25);1-5H3;2*1H;/q;-1;;;+4/p-2. The van der Waals surface area contributed by atoms with E-state index in [4.69, 9.17) is 0 Å². The molecule has 0 radical (unpaired) electrons. The van der Waals surface area contributed by atoms with Crippen molar-refractivity contribution < 1.29 is 51.3 Å². The molecule has 0 aliphatic heterocycles. The van der Waals surface area contributed by atoms with Crippen LogP contribution >= 0.6 is 0 Å². The molecule has 1 N–H and O–H groups in total. The average Bonchev–Trinajstić information content (AvgIpc) is 3.07. The summed E-state index contributed by atoms with van der Waals surface area (Å²) in [4.78, 5) is 12.9. The second-order valence-corrected chi connectivity index (χ2v) is 9.02. The van der Waals surface area contributed by atoms with Crippen molar-refractivity contribution >= 4 is 22.4 Å². The predicted octanol–water partition coefficient (Wildman–Crippen LogP) is 2.71. The molecule has 0 aliphatic rings. The van der Waals surface area contributed by atoms with E-state index in [1.165, 1.54) is 27.8 Å². The van der Waals surface area contributed by atoms with E-state index in [1.54, 1.807) is 0 Å². The molecule has 38 heavy (non-hydrogen) atoms. The summed E-state index contributed by atoms with van der Waals surface area (Å²) in [7, 11) is 0. The number of anilines is 1. The quantitative estimate of drug-likeness (QED) is 0.260. The van der Waals surface area contributed by atoms with E-state index in [0.29, 0.717) is 5.56 Å². The zero-order valence-electron chi connectivity index (χ0n) is 22.4. The van der Waals surface area contributed by atoms with Crippen molar-refractivity contribution in [3.8, 4) is 11.1 Å². The van der Waals surface area contributed by atoms with E-state index >= 15 is 0 Å². The first-order valence-electron chi connectivity index (χ1n) is 12.0. The molecule has 0 fully saturated rings. The molecule has 2 nitrogen and oxygen atoms in total. The van der Waals surface area contributed by atoms with Gasteiger partial charge in [0.25, 0.3) is 5.91 Å². The van der Waals surface area contributed by atoms with Crippen molar-refractivity contribution in [2.45, 2.75) is 34.6 Å². The molecule has 192 valence electrons. The molecule has 0 unspecified atom stereocenters. The van der Waals surface area contributed by atoms with Crippen LogP contribution in [0.25, 0.3) is 21.9 Å². The minimum absolute atomic E-state index is 0. The van der Waals surface area contributed by atoms with Gasteiger partial charge in [0.1, 0.15) is 0 Å². The third-order valence-corrected chi connectivity index (χ3v) is 7.11. The van der Waals surface area contributed by atoms with Crippen LogP contribution in [0.15, 0.2) is 97.1 Å². The van der Waals surface area contributed by atoms with Gasteiger partial charge in [0, 0.05) is 16.8 Å². The predicted molar refractivity (Wildman–Crippen MR) is 149 cm³/mol. The molecule has 0 saturated carbocycles. The fourth-order valence-corrected chi connectivity index (χ4v) is 4.48. The van der Waals surface area contributed by atoms with Crippen LogP contribution in [-0.4, -0.2) is 5.91 Å². The molecule has 5 aromatic carbocycles. The molecular weight excluding hydrogens is 545 g/mol. The summed E-state index contributed by atoms with van der Waals surface area (Å²) in [6, 6.07) is 31.7. The normalized spacial score (nSPS) is 9.71. The monoisotopic (exact) mass is 576 g/mol. The summed E-state index contributed by atoms with van der Waals surface area (Å²) >= 11 is 0. The van der Waals surface area contributed by atoms with Gasteiger partial charge in [-0.05, 0) is 28.5 Å². The Kier molecular flexibility index (Phi) is 13.1. The number of benzene rings is 4. The number of amides is 1. The Balaban J connectivity index is 0.000000477. The third-order valence-electron chi connectivity index (χ3n) is 7.11. The second-order valence-electron chi connectivity index (χ2n) is 9.02. The van der Waals surface area contributed by atoms with Crippen molar-refractivity contribution in [3.63, 3.8) is 0 Å². The van der Waals surface area contributed by atoms with Crippen molar-refractivity contribution in [2.24, 2.45) is 0 Å². The molecule has 5 rings (SSSR count). The van der Waals surface area contributed by atoms with E-state index in [9.17, 15) is 4.79 Å². The van der Waals surface area contributed by atoms with Crippen LogP contribution < -0.4 is 30.1 Å². The van der Waals surface area contributed by atoms with Gasteiger partial charge in [-0.25, -0.2) is 0 Å². The van der Waals surface area contributed by atoms with Gasteiger partial charge < -0.3 is 30.1 Å². The van der Waals surface area contributed by atoms with Gasteiger partial charge in [0.15, 0.2) is 0 Å². The number of rotatable bonds is 3. The SMILES string of the molecule is Cc1c(C)c(C)[c-](C)c1C.O=C(Nc1ccccc1-c1ccccc1)c1cccc2ccccc12.[Cl-].[Cl-].[Ti+4]. The summed E-state index contributed by atoms with van der Waals surface area (Å²) < 4.78 is 0. The van der Waals surface area contributed by atoms with Crippen LogP contribution in [0.4, 0.5) is 5.69 Å². The number of hydrogen-bond donors (Lipinski definition) is 1. The Morgan fingerprint density at radius 2 is 1.18 bits per heavy atom. The first kappa shape index (κ1) is 33.3. The Morgan fingerprint density at radius 3 is 1.79 bits per heavy atom. The van der Waals surface area contributed by atoms with Crippen LogP contribution in [0, 0.1) is 34.6 Å². The van der Waals surface area contributed by atoms with Gasteiger partial charge >= 0.3 is 21.7 Å². The molecule has 0 aromatic heterocycles. The van der Waals surface area contributed by atoms with Gasteiger partial charge in [-0.2, -0.15) is 27.8 Å². The van der Waals surface area contributed by atoms with Crippen LogP contribution in [0.1, 0.15) is 38.2 Å². The van der Waals surface area contributed by atoms with Crippen LogP contribution in [0.5, 0.6) is 0 Å². The minimum atomic E-state index is -0.0971. The Labute approximate surface area is 253 Å². The maximum Gasteiger partial charge on any atom is 4.00 e. The molecule has 0 spiro atoms. The van der Waals surface area contributed by atoms with Crippen molar-refractivity contribution in [3.05, 3.63) is 130 Å². The van der Waals surface area contributed by atoms with E-state index in [2.05, 4.69) is 39.9 Å². The third kappa shape index (κ3) is 7.21. The van der Waals surface area contributed by atoms with Gasteiger partial charge in [0.05, 0.1) is 0 Å². The van der Waals surface area contributed by atoms with Gasteiger partial charge in [-0.1, -0.05) is 120 Å². The van der Waals surface area contributed by atoms with Gasteiger partial charge in [-0.3, -0.25) is 4.79 Å². The Morgan fingerprint density at radius 1 is 0.658 bits per heavy atom. The molecule has 0 atom stereocenters. The fourth-order valence-electron chi connectivity index (χ4n) is 4.48. The van der Waals surface area contributed by atoms with E-state index in [-0.39, 0.29) is 52.4 Å². The largest absolute Gasteiger partial charge is 4.00 e. The number of nitrogens with one attached hydrogen (secondary N) is 1. The average molecular weight is 577 g/mol. The Bertz CT molecular complexity index is 1410. The molecule has 1 amide bonds. The van der Waals surface area contributed by atoms with Crippen molar-refractivity contribution in [2.75, 3.05) is 5.32 Å². The summed E-state index contributed by atoms with van der Waals surface area (Å²) in [5.41, 5.74) is 10.9. The molecule has 0 heterocycles.